The second kappa shape index (κ2) is 10.7. The summed E-state index contributed by atoms with van der Waals surface area (Å²) >= 11 is 6.08. The number of methoxy groups -OCH3 is 2. The number of nitrogens with zero attached hydrogens (tertiary/aromatic N) is 1. The van der Waals surface area contributed by atoms with Crippen LogP contribution < -0.4 is 21.1 Å². The fourth-order valence-electron chi connectivity index (χ4n) is 3.39. The smallest absolute Gasteiger partial charge is 0.255 e. The molecular weight excluding hydrogens is 368 g/mol. The Morgan fingerprint density at radius 2 is 2.15 bits per heavy atom. The summed E-state index contributed by atoms with van der Waals surface area (Å²) in [5.41, 5.74) is 6.55. The maximum Gasteiger partial charge on any atom is 0.255 e. The molecule has 1 aliphatic heterocycles. The van der Waals surface area contributed by atoms with E-state index >= 15 is 0 Å². The van der Waals surface area contributed by atoms with E-state index in [0.29, 0.717) is 22.0 Å². The highest BCUT2D eigenvalue weighted by atomic mass is 35.5. The van der Waals surface area contributed by atoms with Crippen molar-refractivity contribution in [2.24, 2.45) is 0 Å². The van der Waals surface area contributed by atoms with Crippen LogP contribution in [-0.4, -0.2) is 70.4 Å². The minimum atomic E-state index is -0.233. The van der Waals surface area contributed by atoms with Gasteiger partial charge in [0, 0.05) is 26.3 Å². The summed E-state index contributed by atoms with van der Waals surface area (Å²) in [5, 5.41) is 6.58. The number of unbranched alkanes of at least 4 members (excludes halogenated alkanes) is 1. The predicted molar refractivity (Wildman–Crippen MR) is 109 cm³/mol. The molecule has 2 rings (SSSR count). The van der Waals surface area contributed by atoms with Gasteiger partial charge in [-0.1, -0.05) is 11.6 Å². The molecule has 7 nitrogen and oxygen atoms in total. The van der Waals surface area contributed by atoms with Crippen molar-refractivity contribution in [2.75, 3.05) is 53.2 Å². The summed E-state index contributed by atoms with van der Waals surface area (Å²) in [7, 11) is 5.16. The van der Waals surface area contributed by atoms with Crippen molar-refractivity contribution in [1.29, 1.82) is 0 Å². The van der Waals surface area contributed by atoms with E-state index in [1.807, 2.05) is 7.05 Å². The lowest BCUT2D eigenvalue weighted by molar-refractivity contribution is 0.00602. The van der Waals surface area contributed by atoms with E-state index in [1.54, 1.807) is 19.2 Å². The molecule has 2 atom stereocenters. The minimum Gasteiger partial charge on any atom is -0.496 e. The van der Waals surface area contributed by atoms with Crippen LogP contribution >= 0.6 is 11.6 Å². The van der Waals surface area contributed by atoms with Crippen LogP contribution in [0, 0.1) is 0 Å². The van der Waals surface area contributed by atoms with E-state index in [1.165, 1.54) is 7.11 Å². The number of likely N-dealkylation sites (tertiary alicyclic amines) is 1. The van der Waals surface area contributed by atoms with Gasteiger partial charge in [-0.3, -0.25) is 4.79 Å². The number of piperidine rings is 1. The number of amides is 1. The van der Waals surface area contributed by atoms with Crippen molar-refractivity contribution in [3.8, 4) is 5.75 Å². The van der Waals surface area contributed by atoms with Gasteiger partial charge in [0.2, 0.25) is 0 Å². The van der Waals surface area contributed by atoms with Crippen LogP contribution in [0.3, 0.4) is 0 Å². The highest BCUT2D eigenvalue weighted by Crippen LogP contribution is 2.29. The van der Waals surface area contributed by atoms with Gasteiger partial charge in [-0.25, -0.2) is 0 Å². The maximum absolute atomic E-state index is 12.8. The zero-order chi connectivity index (χ0) is 19.8. The van der Waals surface area contributed by atoms with Crippen molar-refractivity contribution in [3.05, 3.63) is 22.7 Å². The van der Waals surface area contributed by atoms with E-state index in [2.05, 4.69) is 15.5 Å². The Bertz CT molecular complexity index is 629. The molecule has 1 heterocycles. The van der Waals surface area contributed by atoms with Crippen molar-refractivity contribution >= 4 is 23.2 Å². The first-order chi connectivity index (χ1) is 13.0. The number of carbonyl (C=O) groups is 1. The largest absolute Gasteiger partial charge is 0.496 e. The maximum atomic E-state index is 12.8. The molecule has 0 aromatic heterocycles. The Hall–Kier alpha value is -1.54. The lowest BCUT2D eigenvalue weighted by Gasteiger charge is -2.38. The number of nitrogens with one attached hydrogen (secondary N) is 2. The van der Waals surface area contributed by atoms with Crippen molar-refractivity contribution in [3.63, 3.8) is 0 Å². The molecule has 1 saturated heterocycles. The van der Waals surface area contributed by atoms with Crippen molar-refractivity contribution < 1.29 is 14.3 Å². The van der Waals surface area contributed by atoms with Crippen LogP contribution in [-0.2, 0) is 4.74 Å². The summed E-state index contributed by atoms with van der Waals surface area (Å²) in [6.07, 6.45) is 3.08. The molecule has 0 aliphatic carbocycles. The molecule has 1 aromatic rings. The second-order valence-corrected chi connectivity index (χ2v) is 7.24. The highest BCUT2D eigenvalue weighted by molar-refractivity contribution is 6.33. The molecular formula is C19H31ClN4O3. The average Bonchev–Trinajstić information content (AvgIpc) is 2.67. The predicted octanol–water partition coefficient (Wildman–Crippen LogP) is 1.75. The van der Waals surface area contributed by atoms with Gasteiger partial charge < -0.3 is 30.7 Å². The van der Waals surface area contributed by atoms with Crippen LogP contribution in [0.5, 0.6) is 5.75 Å². The molecule has 2 unspecified atom stereocenters. The van der Waals surface area contributed by atoms with E-state index in [0.717, 1.165) is 45.4 Å². The first kappa shape index (κ1) is 21.8. The SMILES string of the molecule is CNCCCCN1CCC(NC(=O)c2cc(Cl)c(N)cc2OC)C(OC)C1. The van der Waals surface area contributed by atoms with Gasteiger partial charge in [-0.05, 0) is 45.5 Å². The number of nitrogen functional groups attached to an aromatic ring is 1. The topological polar surface area (TPSA) is 88.9 Å². The van der Waals surface area contributed by atoms with E-state index in [4.69, 9.17) is 26.8 Å². The normalized spacial score (nSPS) is 20.4. The molecule has 0 bridgehead atoms. The van der Waals surface area contributed by atoms with E-state index < -0.39 is 0 Å². The van der Waals surface area contributed by atoms with Crippen LogP contribution in [0.1, 0.15) is 29.6 Å². The molecule has 1 aliphatic rings. The molecule has 27 heavy (non-hydrogen) atoms. The number of hydrogen-bond acceptors (Lipinski definition) is 6. The molecule has 152 valence electrons. The summed E-state index contributed by atoms with van der Waals surface area (Å²) in [6, 6.07) is 3.06. The van der Waals surface area contributed by atoms with E-state index in [9.17, 15) is 4.79 Å². The Labute approximate surface area is 166 Å². The Kier molecular flexibility index (Phi) is 8.63. The first-order valence-electron chi connectivity index (χ1n) is 9.33. The van der Waals surface area contributed by atoms with Crippen molar-refractivity contribution in [1.82, 2.24) is 15.5 Å². The summed E-state index contributed by atoms with van der Waals surface area (Å²) < 4.78 is 10.9. The first-order valence-corrected chi connectivity index (χ1v) is 9.71. The van der Waals surface area contributed by atoms with Crippen molar-refractivity contribution in [2.45, 2.75) is 31.4 Å². The zero-order valence-electron chi connectivity index (χ0n) is 16.4. The van der Waals surface area contributed by atoms with Crippen LogP contribution in [0.25, 0.3) is 0 Å². The minimum absolute atomic E-state index is 0.0535. The third-order valence-corrected chi connectivity index (χ3v) is 5.30. The van der Waals surface area contributed by atoms with Gasteiger partial charge in [0.1, 0.15) is 5.75 Å². The molecule has 0 saturated carbocycles. The number of nitrogens with two attached hydrogens (primary N) is 1. The van der Waals surface area contributed by atoms with E-state index in [-0.39, 0.29) is 18.1 Å². The number of anilines is 1. The third-order valence-electron chi connectivity index (χ3n) is 4.98. The fraction of sp³-hybridized carbons (Fsp3) is 0.632. The van der Waals surface area contributed by atoms with Gasteiger partial charge in [0.25, 0.3) is 5.91 Å². The van der Waals surface area contributed by atoms with Gasteiger partial charge in [0.05, 0.1) is 35.5 Å². The molecule has 1 amide bonds. The zero-order valence-corrected chi connectivity index (χ0v) is 17.1. The Morgan fingerprint density at radius 1 is 1.37 bits per heavy atom. The summed E-state index contributed by atoms with van der Waals surface area (Å²) in [6.45, 7) is 3.82. The van der Waals surface area contributed by atoms with Crippen LogP contribution in [0.15, 0.2) is 12.1 Å². The monoisotopic (exact) mass is 398 g/mol. The van der Waals surface area contributed by atoms with Crippen LogP contribution in [0.2, 0.25) is 5.02 Å². The van der Waals surface area contributed by atoms with Gasteiger partial charge in [-0.2, -0.15) is 0 Å². The number of carbonyl (C=O) groups excluding carboxylic acids is 1. The van der Waals surface area contributed by atoms with Crippen LogP contribution in [0.4, 0.5) is 5.69 Å². The standard InChI is InChI=1S/C19H31ClN4O3/c1-22-7-4-5-8-24-9-6-16(18(12-24)27-3)23-19(25)13-10-14(20)15(21)11-17(13)26-2/h10-11,16,18,22H,4-9,12,21H2,1-3H3,(H,23,25). The summed E-state index contributed by atoms with van der Waals surface area (Å²) in [4.78, 5) is 15.2. The number of hydrogen-bond donors (Lipinski definition) is 3. The Balaban J connectivity index is 1.97. The molecule has 0 spiro atoms. The lowest BCUT2D eigenvalue weighted by Crippen LogP contribution is -2.54. The van der Waals surface area contributed by atoms with Gasteiger partial charge in [0.15, 0.2) is 0 Å². The second-order valence-electron chi connectivity index (χ2n) is 6.83. The third kappa shape index (κ3) is 5.97. The number of benzene rings is 1. The number of halogens is 1. The summed E-state index contributed by atoms with van der Waals surface area (Å²) in [5.74, 6) is 0.175. The lowest BCUT2D eigenvalue weighted by atomic mass is 10.0. The molecule has 4 N–H and O–H groups in total. The average molecular weight is 399 g/mol. The molecule has 8 heteroatoms. The molecule has 0 radical (unpaired) electrons. The fourth-order valence-corrected chi connectivity index (χ4v) is 3.55. The molecule has 1 aromatic carbocycles. The number of rotatable bonds is 9. The highest BCUT2D eigenvalue weighted by Gasteiger charge is 2.31. The van der Waals surface area contributed by atoms with Gasteiger partial charge >= 0.3 is 0 Å². The van der Waals surface area contributed by atoms with Gasteiger partial charge in [-0.15, -0.1) is 0 Å². The Morgan fingerprint density at radius 3 is 2.81 bits per heavy atom. The molecule has 1 fully saturated rings. The quantitative estimate of drug-likeness (QED) is 0.434. The number of ether oxygens (including phenoxy) is 2.